The molecule has 1 aromatic carbocycles. The third-order valence-electron chi connectivity index (χ3n) is 2.37. The predicted octanol–water partition coefficient (Wildman–Crippen LogP) is 0.872. The Labute approximate surface area is 101 Å². The first-order valence-electron chi connectivity index (χ1n) is 5.07. The van der Waals surface area contributed by atoms with Gasteiger partial charge in [0, 0.05) is 19.2 Å². The minimum Gasteiger partial charge on any atom is -0.319 e. The highest BCUT2D eigenvalue weighted by atomic mass is 16.2. The highest BCUT2D eigenvalue weighted by Crippen LogP contribution is 2.14. The van der Waals surface area contributed by atoms with Crippen LogP contribution in [0.4, 0.5) is 5.69 Å². The SMILES string of the molecule is C#CCC(N)C(=O)N(C)c1ccc(C#N)cc1. The minimum absolute atomic E-state index is 0.208. The smallest absolute Gasteiger partial charge is 0.244 e. The number of anilines is 1. The summed E-state index contributed by atoms with van der Waals surface area (Å²) in [5, 5.41) is 8.66. The maximum Gasteiger partial charge on any atom is 0.244 e. The molecule has 4 heteroatoms. The van der Waals surface area contributed by atoms with Gasteiger partial charge < -0.3 is 10.6 Å². The maximum absolute atomic E-state index is 11.8. The molecule has 0 aromatic heterocycles. The van der Waals surface area contributed by atoms with Crippen LogP contribution in [-0.2, 0) is 4.79 Å². The summed E-state index contributed by atoms with van der Waals surface area (Å²) in [5.74, 6) is 2.11. The summed E-state index contributed by atoms with van der Waals surface area (Å²) in [6.45, 7) is 0. The maximum atomic E-state index is 11.8. The molecule has 1 aromatic rings. The van der Waals surface area contributed by atoms with Gasteiger partial charge in [0.05, 0.1) is 17.7 Å². The monoisotopic (exact) mass is 227 g/mol. The van der Waals surface area contributed by atoms with Crippen LogP contribution < -0.4 is 10.6 Å². The van der Waals surface area contributed by atoms with Gasteiger partial charge in [0.15, 0.2) is 0 Å². The van der Waals surface area contributed by atoms with Gasteiger partial charge in [-0.15, -0.1) is 12.3 Å². The van der Waals surface area contributed by atoms with E-state index >= 15 is 0 Å². The summed E-state index contributed by atoms with van der Waals surface area (Å²) >= 11 is 0. The van der Waals surface area contributed by atoms with Gasteiger partial charge in [-0.25, -0.2) is 0 Å². The van der Waals surface area contributed by atoms with Crippen molar-refractivity contribution >= 4 is 11.6 Å². The average Bonchev–Trinajstić information content (AvgIpc) is 2.37. The molecule has 1 unspecified atom stereocenters. The lowest BCUT2D eigenvalue weighted by molar-refractivity contribution is -0.119. The fourth-order valence-electron chi connectivity index (χ4n) is 1.35. The lowest BCUT2D eigenvalue weighted by atomic mass is 10.1. The number of benzene rings is 1. The van der Waals surface area contributed by atoms with E-state index in [4.69, 9.17) is 17.4 Å². The molecule has 1 rings (SSSR count). The first kappa shape index (κ1) is 12.8. The molecule has 86 valence electrons. The fraction of sp³-hybridized carbons (Fsp3) is 0.231. The number of nitrogens with zero attached hydrogens (tertiary/aromatic N) is 2. The van der Waals surface area contributed by atoms with Crippen LogP contribution in [0.15, 0.2) is 24.3 Å². The van der Waals surface area contributed by atoms with Gasteiger partial charge in [-0.05, 0) is 24.3 Å². The summed E-state index contributed by atoms with van der Waals surface area (Å²) in [5.41, 5.74) is 6.86. The molecular weight excluding hydrogens is 214 g/mol. The summed E-state index contributed by atoms with van der Waals surface area (Å²) in [4.78, 5) is 13.3. The van der Waals surface area contributed by atoms with Crippen LogP contribution in [0.5, 0.6) is 0 Å². The van der Waals surface area contributed by atoms with Gasteiger partial charge in [0.2, 0.25) is 5.91 Å². The van der Waals surface area contributed by atoms with Gasteiger partial charge in [0.25, 0.3) is 0 Å². The van der Waals surface area contributed by atoms with E-state index in [1.807, 2.05) is 6.07 Å². The number of hydrogen-bond acceptors (Lipinski definition) is 3. The zero-order valence-corrected chi connectivity index (χ0v) is 9.55. The van der Waals surface area contributed by atoms with Crippen LogP contribution in [0.3, 0.4) is 0 Å². The third kappa shape index (κ3) is 3.07. The number of hydrogen-bond donors (Lipinski definition) is 1. The van der Waals surface area contributed by atoms with Crippen molar-refractivity contribution < 1.29 is 4.79 Å². The summed E-state index contributed by atoms with van der Waals surface area (Å²) < 4.78 is 0. The molecule has 2 N–H and O–H groups in total. The molecule has 4 nitrogen and oxygen atoms in total. The van der Waals surface area contributed by atoms with Crippen molar-refractivity contribution in [3.05, 3.63) is 29.8 Å². The molecule has 0 radical (unpaired) electrons. The van der Waals surface area contributed by atoms with Crippen molar-refractivity contribution in [3.63, 3.8) is 0 Å². The number of amides is 1. The Kier molecular flexibility index (Phi) is 4.28. The molecule has 0 heterocycles. The molecule has 0 spiro atoms. The Morgan fingerprint density at radius 1 is 1.53 bits per heavy atom. The standard InChI is InChI=1S/C13H13N3O/c1-3-4-12(15)13(17)16(2)11-7-5-10(9-14)6-8-11/h1,5-8,12H,4,15H2,2H3. The van der Waals surface area contributed by atoms with Crippen molar-refractivity contribution in [2.24, 2.45) is 5.73 Å². The number of nitrogens with two attached hydrogens (primary N) is 1. The average molecular weight is 227 g/mol. The van der Waals surface area contributed by atoms with Crippen LogP contribution in [-0.4, -0.2) is 19.0 Å². The summed E-state index contributed by atoms with van der Waals surface area (Å²) in [6, 6.07) is 7.99. The van der Waals surface area contributed by atoms with Crippen LogP contribution in [0.25, 0.3) is 0 Å². The Morgan fingerprint density at radius 3 is 2.59 bits per heavy atom. The summed E-state index contributed by atoms with van der Waals surface area (Å²) in [7, 11) is 1.63. The molecule has 0 saturated heterocycles. The van der Waals surface area contributed by atoms with Crippen molar-refractivity contribution in [1.82, 2.24) is 0 Å². The van der Waals surface area contributed by atoms with Gasteiger partial charge in [0.1, 0.15) is 0 Å². The fourth-order valence-corrected chi connectivity index (χ4v) is 1.35. The molecule has 17 heavy (non-hydrogen) atoms. The van der Waals surface area contributed by atoms with Crippen molar-refractivity contribution in [2.45, 2.75) is 12.5 Å². The van der Waals surface area contributed by atoms with E-state index in [0.717, 1.165) is 0 Å². The molecule has 0 bridgehead atoms. The van der Waals surface area contributed by atoms with Gasteiger partial charge >= 0.3 is 0 Å². The molecule has 1 atom stereocenters. The number of rotatable bonds is 3. The zero-order valence-electron chi connectivity index (χ0n) is 9.55. The number of terminal acetylenes is 1. The predicted molar refractivity (Wildman–Crippen MR) is 66.0 cm³/mol. The van der Waals surface area contributed by atoms with E-state index in [1.165, 1.54) is 4.90 Å². The Balaban J connectivity index is 2.82. The molecule has 0 saturated carbocycles. The molecule has 1 amide bonds. The minimum atomic E-state index is -0.694. The largest absolute Gasteiger partial charge is 0.319 e. The first-order chi connectivity index (χ1) is 8.10. The number of likely N-dealkylation sites (N-methyl/N-ethyl adjacent to an activating group) is 1. The van der Waals surface area contributed by atoms with Crippen molar-refractivity contribution in [2.75, 3.05) is 11.9 Å². The van der Waals surface area contributed by atoms with E-state index in [2.05, 4.69) is 5.92 Å². The second kappa shape index (κ2) is 5.69. The van der Waals surface area contributed by atoms with E-state index in [1.54, 1.807) is 31.3 Å². The second-order valence-corrected chi connectivity index (χ2v) is 3.57. The van der Waals surface area contributed by atoms with E-state index in [-0.39, 0.29) is 12.3 Å². The van der Waals surface area contributed by atoms with Crippen molar-refractivity contribution in [3.8, 4) is 18.4 Å². The molecule has 0 fully saturated rings. The number of carbonyl (C=O) groups is 1. The van der Waals surface area contributed by atoms with E-state index < -0.39 is 6.04 Å². The second-order valence-electron chi connectivity index (χ2n) is 3.57. The lowest BCUT2D eigenvalue weighted by Gasteiger charge is -2.20. The molecular formula is C13H13N3O. The molecule has 0 aliphatic rings. The first-order valence-corrected chi connectivity index (χ1v) is 5.07. The summed E-state index contributed by atoms with van der Waals surface area (Å²) in [6.07, 6.45) is 5.31. The quantitative estimate of drug-likeness (QED) is 0.779. The lowest BCUT2D eigenvalue weighted by Crippen LogP contribution is -2.41. The number of carbonyl (C=O) groups excluding carboxylic acids is 1. The van der Waals surface area contributed by atoms with Crippen LogP contribution in [0.2, 0.25) is 0 Å². The Hall–Kier alpha value is -2.30. The number of nitriles is 1. The molecule has 0 aliphatic carbocycles. The van der Waals surface area contributed by atoms with Crippen LogP contribution in [0, 0.1) is 23.7 Å². The Bertz CT molecular complexity index is 479. The third-order valence-corrected chi connectivity index (χ3v) is 2.37. The van der Waals surface area contributed by atoms with Gasteiger partial charge in [-0.3, -0.25) is 4.79 Å². The Morgan fingerprint density at radius 2 is 2.12 bits per heavy atom. The van der Waals surface area contributed by atoms with Crippen LogP contribution in [0.1, 0.15) is 12.0 Å². The highest BCUT2D eigenvalue weighted by molar-refractivity contribution is 5.96. The van der Waals surface area contributed by atoms with E-state index in [0.29, 0.717) is 11.3 Å². The highest BCUT2D eigenvalue weighted by Gasteiger charge is 2.18. The van der Waals surface area contributed by atoms with E-state index in [9.17, 15) is 4.79 Å². The van der Waals surface area contributed by atoms with Gasteiger partial charge in [-0.2, -0.15) is 5.26 Å². The van der Waals surface area contributed by atoms with Crippen molar-refractivity contribution in [1.29, 1.82) is 5.26 Å². The normalized spacial score (nSPS) is 11.1. The van der Waals surface area contributed by atoms with Gasteiger partial charge in [-0.1, -0.05) is 0 Å². The topological polar surface area (TPSA) is 70.1 Å². The molecule has 0 aliphatic heterocycles. The van der Waals surface area contributed by atoms with Crippen LogP contribution >= 0.6 is 0 Å². The zero-order chi connectivity index (χ0) is 12.8.